The quantitative estimate of drug-likeness (QED) is 0.635. The number of carbonyl (C=O) groups is 1. The monoisotopic (exact) mass is 307 g/mol. The van der Waals surface area contributed by atoms with E-state index < -0.39 is 12.0 Å². The van der Waals surface area contributed by atoms with Gasteiger partial charge in [0.25, 0.3) is 0 Å². The van der Waals surface area contributed by atoms with Crippen LogP contribution in [0.2, 0.25) is 0 Å². The molecular formula is C9H10INO3. The number of nitrogens with two attached hydrogens (primary N) is 1. The molecule has 0 aliphatic carbocycles. The molecule has 0 aromatic heterocycles. The summed E-state index contributed by atoms with van der Waals surface area (Å²) < 4.78 is 5.14. The average molecular weight is 307 g/mol. The van der Waals surface area contributed by atoms with Gasteiger partial charge in [-0.15, -0.1) is 0 Å². The molecule has 14 heavy (non-hydrogen) atoms. The van der Waals surface area contributed by atoms with E-state index in [1.807, 2.05) is 22.6 Å². The molecule has 0 saturated heterocycles. The standard InChI is InChI=1S/C9H10INO3/c1-14-9(13)7(11)5-3-2-4-6(10)8(5)12/h2-4,7,12H,11H2,1H3/t7-/m1/s1. The van der Waals surface area contributed by atoms with Crippen molar-refractivity contribution < 1.29 is 14.6 Å². The Hall–Kier alpha value is -0.820. The number of hydrogen-bond donors (Lipinski definition) is 2. The molecule has 0 radical (unpaired) electrons. The van der Waals surface area contributed by atoms with Crippen LogP contribution in [0.15, 0.2) is 18.2 Å². The van der Waals surface area contributed by atoms with Crippen LogP contribution in [0.25, 0.3) is 0 Å². The van der Waals surface area contributed by atoms with Crippen molar-refractivity contribution in [3.63, 3.8) is 0 Å². The van der Waals surface area contributed by atoms with Crippen molar-refractivity contribution in [2.24, 2.45) is 5.73 Å². The third kappa shape index (κ3) is 2.16. The van der Waals surface area contributed by atoms with E-state index >= 15 is 0 Å². The molecule has 0 fully saturated rings. The third-order valence-corrected chi connectivity index (χ3v) is 2.68. The topological polar surface area (TPSA) is 72.5 Å². The van der Waals surface area contributed by atoms with Gasteiger partial charge in [-0.25, -0.2) is 0 Å². The Morgan fingerprint density at radius 1 is 1.64 bits per heavy atom. The molecule has 1 rings (SSSR count). The predicted molar refractivity (Wildman–Crippen MR) is 59.8 cm³/mol. The first-order chi connectivity index (χ1) is 6.57. The Balaban J connectivity index is 3.07. The zero-order valence-corrected chi connectivity index (χ0v) is 9.69. The van der Waals surface area contributed by atoms with E-state index in [0.717, 1.165) is 0 Å². The van der Waals surface area contributed by atoms with Crippen molar-refractivity contribution >= 4 is 28.6 Å². The third-order valence-electron chi connectivity index (χ3n) is 1.81. The minimum absolute atomic E-state index is 0.0333. The molecule has 76 valence electrons. The van der Waals surface area contributed by atoms with Crippen LogP contribution in [0.5, 0.6) is 5.75 Å². The Morgan fingerprint density at radius 2 is 2.29 bits per heavy atom. The lowest BCUT2D eigenvalue weighted by Crippen LogP contribution is -2.22. The smallest absolute Gasteiger partial charge is 0.327 e. The van der Waals surface area contributed by atoms with Gasteiger partial charge < -0.3 is 15.6 Å². The lowest BCUT2D eigenvalue weighted by Gasteiger charge is -2.11. The van der Waals surface area contributed by atoms with Gasteiger partial charge in [0.15, 0.2) is 0 Å². The lowest BCUT2D eigenvalue weighted by atomic mass is 10.1. The zero-order valence-electron chi connectivity index (χ0n) is 7.53. The summed E-state index contributed by atoms with van der Waals surface area (Å²) in [6.07, 6.45) is 0. The number of halogens is 1. The van der Waals surface area contributed by atoms with Crippen LogP contribution >= 0.6 is 22.6 Å². The number of carbonyl (C=O) groups excluding carboxylic acids is 1. The first kappa shape index (κ1) is 11.3. The molecule has 3 N–H and O–H groups in total. The Kier molecular flexibility index (Phi) is 3.70. The number of para-hydroxylation sites is 1. The number of aromatic hydroxyl groups is 1. The van der Waals surface area contributed by atoms with E-state index in [-0.39, 0.29) is 5.75 Å². The fraction of sp³-hybridized carbons (Fsp3) is 0.222. The van der Waals surface area contributed by atoms with Gasteiger partial charge in [0.2, 0.25) is 0 Å². The van der Waals surface area contributed by atoms with Crippen LogP contribution < -0.4 is 5.73 Å². The van der Waals surface area contributed by atoms with Crippen LogP contribution in [0.1, 0.15) is 11.6 Å². The van der Waals surface area contributed by atoms with E-state index in [0.29, 0.717) is 9.13 Å². The summed E-state index contributed by atoms with van der Waals surface area (Å²) in [5.74, 6) is -0.534. The van der Waals surface area contributed by atoms with E-state index in [1.54, 1.807) is 18.2 Å². The van der Waals surface area contributed by atoms with Crippen LogP contribution in [0.4, 0.5) is 0 Å². The van der Waals surface area contributed by atoms with Crippen LogP contribution in [-0.4, -0.2) is 18.2 Å². The maximum Gasteiger partial charge on any atom is 0.327 e. The highest BCUT2D eigenvalue weighted by molar-refractivity contribution is 14.1. The summed E-state index contributed by atoms with van der Waals surface area (Å²) in [6.45, 7) is 0. The molecule has 0 saturated carbocycles. The minimum Gasteiger partial charge on any atom is -0.506 e. The number of methoxy groups -OCH3 is 1. The van der Waals surface area contributed by atoms with Crippen molar-refractivity contribution in [2.45, 2.75) is 6.04 Å². The Bertz CT molecular complexity index is 354. The van der Waals surface area contributed by atoms with Crippen molar-refractivity contribution in [1.29, 1.82) is 0 Å². The van der Waals surface area contributed by atoms with E-state index in [4.69, 9.17) is 5.73 Å². The number of phenols is 1. The van der Waals surface area contributed by atoms with Gasteiger partial charge in [-0.3, -0.25) is 4.79 Å². The first-order valence-electron chi connectivity index (χ1n) is 3.88. The van der Waals surface area contributed by atoms with Gasteiger partial charge in [-0.2, -0.15) is 0 Å². The van der Waals surface area contributed by atoms with Gasteiger partial charge in [0.05, 0.1) is 10.7 Å². The highest BCUT2D eigenvalue weighted by Crippen LogP contribution is 2.28. The molecule has 0 spiro atoms. The number of esters is 1. The second kappa shape index (κ2) is 4.61. The molecule has 5 heteroatoms. The molecule has 0 heterocycles. The summed E-state index contributed by atoms with van der Waals surface area (Å²) >= 11 is 1.96. The SMILES string of the molecule is COC(=O)[C@H](N)c1cccc(I)c1O. The molecule has 1 atom stereocenters. The molecule has 0 amide bonds. The summed E-state index contributed by atoms with van der Waals surface area (Å²) in [5, 5.41) is 9.62. The number of ether oxygens (including phenoxy) is 1. The molecular weight excluding hydrogens is 297 g/mol. The normalized spacial score (nSPS) is 12.2. The van der Waals surface area contributed by atoms with Gasteiger partial charge in [-0.1, -0.05) is 12.1 Å². The maximum absolute atomic E-state index is 11.1. The van der Waals surface area contributed by atoms with Crippen molar-refractivity contribution in [1.82, 2.24) is 0 Å². The average Bonchev–Trinajstić information content (AvgIpc) is 2.20. The summed E-state index contributed by atoms with van der Waals surface area (Å²) in [5.41, 5.74) is 5.96. The minimum atomic E-state index is -0.935. The van der Waals surface area contributed by atoms with Crippen molar-refractivity contribution in [2.75, 3.05) is 7.11 Å². The number of phenolic OH excluding ortho intramolecular Hbond substituents is 1. The van der Waals surface area contributed by atoms with Gasteiger partial charge in [0.1, 0.15) is 11.8 Å². The Morgan fingerprint density at radius 3 is 2.86 bits per heavy atom. The molecule has 0 aliphatic rings. The van der Waals surface area contributed by atoms with Crippen LogP contribution in [0, 0.1) is 3.57 Å². The number of rotatable bonds is 2. The molecule has 1 aromatic rings. The molecule has 1 aromatic carbocycles. The van der Waals surface area contributed by atoms with E-state index in [9.17, 15) is 9.90 Å². The predicted octanol–water partition coefficient (Wildman–Crippen LogP) is 1.17. The summed E-state index contributed by atoms with van der Waals surface area (Å²) in [4.78, 5) is 11.1. The highest BCUT2D eigenvalue weighted by atomic mass is 127. The van der Waals surface area contributed by atoms with Gasteiger partial charge in [-0.05, 0) is 28.7 Å². The fourth-order valence-electron chi connectivity index (χ4n) is 1.04. The van der Waals surface area contributed by atoms with Crippen LogP contribution in [-0.2, 0) is 9.53 Å². The second-order valence-electron chi connectivity index (χ2n) is 2.68. The van der Waals surface area contributed by atoms with Gasteiger partial charge in [0, 0.05) is 5.56 Å². The lowest BCUT2D eigenvalue weighted by molar-refractivity contribution is -0.142. The van der Waals surface area contributed by atoms with Crippen molar-refractivity contribution in [3.05, 3.63) is 27.3 Å². The maximum atomic E-state index is 11.1. The second-order valence-corrected chi connectivity index (χ2v) is 3.84. The molecule has 0 aliphatic heterocycles. The summed E-state index contributed by atoms with van der Waals surface area (Å²) in [7, 11) is 1.26. The highest BCUT2D eigenvalue weighted by Gasteiger charge is 2.20. The molecule has 0 unspecified atom stereocenters. The van der Waals surface area contributed by atoms with Crippen LogP contribution in [0.3, 0.4) is 0 Å². The van der Waals surface area contributed by atoms with E-state index in [2.05, 4.69) is 4.74 Å². The van der Waals surface area contributed by atoms with E-state index in [1.165, 1.54) is 7.11 Å². The van der Waals surface area contributed by atoms with Crippen molar-refractivity contribution in [3.8, 4) is 5.75 Å². The largest absolute Gasteiger partial charge is 0.506 e. The summed E-state index contributed by atoms with van der Waals surface area (Å²) in [6, 6.07) is 4.11. The molecule has 4 nitrogen and oxygen atoms in total. The van der Waals surface area contributed by atoms with Gasteiger partial charge >= 0.3 is 5.97 Å². The first-order valence-corrected chi connectivity index (χ1v) is 4.96. The zero-order chi connectivity index (χ0) is 10.7. The molecule has 0 bridgehead atoms. The number of hydrogen-bond acceptors (Lipinski definition) is 4. The fourth-order valence-corrected chi connectivity index (χ4v) is 1.56. The Labute approximate surface area is 95.2 Å². The number of benzene rings is 1.